The van der Waals surface area contributed by atoms with Gasteiger partial charge >= 0.3 is 6.03 Å². The molecule has 0 fully saturated rings. The molecule has 0 unspecified atom stereocenters. The maximum atomic E-state index is 12.2. The molecular weight excluding hydrogens is 336 g/mol. The molecule has 0 saturated carbocycles. The van der Waals surface area contributed by atoms with Crippen LogP contribution in [-0.2, 0) is 6.54 Å². The van der Waals surface area contributed by atoms with Crippen LogP contribution in [0, 0.1) is 0 Å². The number of para-hydroxylation sites is 3. The molecule has 0 heterocycles. The van der Waals surface area contributed by atoms with E-state index in [1.54, 1.807) is 18.2 Å². The van der Waals surface area contributed by atoms with Crippen LogP contribution in [0.3, 0.4) is 0 Å². The topological polar surface area (TPSA) is 50.4 Å². The van der Waals surface area contributed by atoms with Gasteiger partial charge in [-0.1, -0.05) is 54.1 Å². The van der Waals surface area contributed by atoms with E-state index in [2.05, 4.69) is 10.6 Å². The summed E-state index contributed by atoms with van der Waals surface area (Å²) in [5.41, 5.74) is 1.56. The van der Waals surface area contributed by atoms with Crippen LogP contribution in [0.5, 0.6) is 11.5 Å². The molecule has 0 bridgehead atoms. The first-order valence-corrected chi connectivity index (χ1v) is 8.20. The molecule has 0 aromatic heterocycles. The fourth-order valence-corrected chi connectivity index (χ4v) is 2.35. The summed E-state index contributed by atoms with van der Waals surface area (Å²) in [6.45, 7) is 0.407. The van der Waals surface area contributed by atoms with E-state index >= 15 is 0 Å². The number of hydrogen-bond donors (Lipinski definition) is 2. The monoisotopic (exact) mass is 352 g/mol. The lowest BCUT2D eigenvalue weighted by Gasteiger charge is -2.13. The lowest BCUT2D eigenvalue weighted by atomic mass is 10.2. The lowest BCUT2D eigenvalue weighted by molar-refractivity contribution is 0.251. The minimum Gasteiger partial charge on any atom is -0.455 e. The highest BCUT2D eigenvalue weighted by Gasteiger charge is 2.08. The van der Waals surface area contributed by atoms with Gasteiger partial charge in [0.15, 0.2) is 5.75 Å². The van der Waals surface area contributed by atoms with Gasteiger partial charge in [0.25, 0.3) is 0 Å². The number of halogens is 1. The number of urea groups is 1. The quantitative estimate of drug-likeness (QED) is 0.641. The molecule has 25 heavy (non-hydrogen) atoms. The second kappa shape index (κ2) is 8.22. The van der Waals surface area contributed by atoms with Crippen molar-refractivity contribution in [3.05, 3.63) is 89.4 Å². The van der Waals surface area contributed by atoms with Gasteiger partial charge in [-0.2, -0.15) is 0 Å². The van der Waals surface area contributed by atoms with Crippen molar-refractivity contribution in [3.63, 3.8) is 0 Å². The van der Waals surface area contributed by atoms with Crippen molar-refractivity contribution in [2.75, 3.05) is 5.32 Å². The van der Waals surface area contributed by atoms with E-state index in [1.165, 1.54) is 0 Å². The Hall–Kier alpha value is -2.98. The average molecular weight is 353 g/mol. The summed E-state index contributed by atoms with van der Waals surface area (Å²) in [6, 6.07) is 23.7. The summed E-state index contributed by atoms with van der Waals surface area (Å²) in [5.74, 6) is 1.29. The molecule has 0 aliphatic heterocycles. The molecule has 0 aliphatic rings. The van der Waals surface area contributed by atoms with Gasteiger partial charge in [-0.25, -0.2) is 4.79 Å². The Morgan fingerprint density at radius 3 is 2.32 bits per heavy atom. The van der Waals surface area contributed by atoms with Crippen molar-refractivity contribution in [2.45, 2.75) is 6.54 Å². The van der Waals surface area contributed by atoms with E-state index in [9.17, 15) is 4.79 Å². The minimum absolute atomic E-state index is 0.306. The molecule has 0 spiro atoms. The van der Waals surface area contributed by atoms with Crippen LogP contribution in [0.2, 0.25) is 5.02 Å². The van der Waals surface area contributed by atoms with Gasteiger partial charge in [0.05, 0.1) is 5.69 Å². The number of benzene rings is 3. The van der Waals surface area contributed by atoms with Gasteiger partial charge in [0.1, 0.15) is 5.75 Å². The Morgan fingerprint density at radius 1 is 0.880 bits per heavy atom. The Labute approximate surface area is 151 Å². The second-order valence-corrected chi connectivity index (χ2v) is 5.78. The molecule has 126 valence electrons. The van der Waals surface area contributed by atoms with Crippen LogP contribution >= 0.6 is 11.6 Å². The zero-order chi connectivity index (χ0) is 17.5. The molecule has 3 aromatic rings. The van der Waals surface area contributed by atoms with Crippen molar-refractivity contribution in [2.24, 2.45) is 0 Å². The molecule has 0 saturated heterocycles. The second-order valence-electron chi connectivity index (χ2n) is 5.35. The third kappa shape index (κ3) is 4.99. The fourth-order valence-electron chi connectivity index (χ4n) is 2.23. The first kappa shape index (κ1) is 16.9. The van der Waals surface area contributed by atoms with E-state index in [0.29, 0.717) is 28.8 Å². The Bertz CT molecular complexity index is 836. The van der Waals surface area contributed by atoms with Gasteiger partial charge in [-0.3, -0.25) is 0 Å². The Morgan fingerprint density at radius 2 is 1.56 bits per heavy atom. The minimum atomic E-state index is -0.306. The summed E-state index contributed by atoms with van der Waals surface area (Å²) < 4.78 is 5.83. The predicted octanol–water partition coefficient (Wildman–Crippen LogP) is 5.45. The SMILES string of the molecule is O=C(NCc1ccc(Cl)cc1)Nc1ccccc1Oc1ccccc1. The van der Waals surface area contributed by atoms with Crippen LogP contribution in [0.15, 0.2) is 78.9 Å². The highest BCUT2D eigenvalue weighted by Crippen LogP contribution is 2.28. The maximum absolute atomic E-state index is 12.2. The van der Waals surface area contributed by atoms with Crippen molar-refractivity contribution in [1.82, 2.24) is 5.32 Å². The third-order valence-corrected chi connectivity index (χ3v) is 3.72. The van der Waals surface area contributed by atoms with Gasteiger partial charge < -0.3 is 15.4 Å². The maximum Gasteiger partial charge on any atom is 0.319 e. The molecule has 3 aromatic carbocycles. The summed E-state index contributed by atoms with van der Waals surface area (Å²) in [7, 11) is 0. The van der Waals surface area contributed by atoms with Crippen LogP contribution in [0.1, 0.15) is 5.56 Å². The first-order chi connectivity index (χ1) is 12.2. The summed E-state index contributed by atoms with van der Waals surface area (Å²) in [4.78, 5) is 12.2. The molecule has 0 aliphatic carbocycles. The lowest BCUT2D eigenvalue weighted by Crippen LogP contribution is -2.28. The molecule has 5 heteroatoms. The predicted molar refractivity (Wildman–Crippen MR) is 100 cm³/mol. The van der Waals surface area contributed by atoms with E-state index in [-0.39, 0.29) is 6.03 Å². The van der Waals surface area contributed by atoms with E-state index in [4.69, 9.17) is 16.3 Å². The number of amides is 2. The zero-order valence-electron chi connectivity index (χ0n) is 13.4. The molecule has 4 nitrogen and oxygen atoms in total. The smallest absolute Gasteiger partial charge is 0.319 e. The van der Waals surface area contributed by atoms with E-state index in [1.807, 2.05) is 60.7 Å². The molecule has 3 rings (SSSR count). The zero-order valence-corrected chi connectivity index (χ0v) is 14.2. The Balaban J connectivity index is 1.62. The molecule has 0 radical (unpaired) electrons. The third-order valence-electron chi connectivity index (χ3n) is 3.47. The van der Waals surface area contributed by atoms with Crippen LogP contribution in [-0.4, -0.2) is 6.03 Å². The van der Waals surface area contributed by atoms with Gasteiger partial charge in [-0.05, 0) is 42.0 Å². The van der Waals surface area contributed by atoms with Crippen molar-refractivity contribution >= 4 is 23.3 Å². The van der Waals surface area contributed by atoms with Crippen LogP contribution in [0.4, 0.5) is 10.5 Å². The van der Waals surface area contributed by atoms with E-state index < -0.39 is 0 Å². The van der Waals surface area contributed by atoms with Gasteiger partial charge in [-0.15, -0.1) is 0 Å². The number of carbonyl (C=O) groups excluding carboxylic acids is 1. The van der Waals surface area contributed by atoms with Crippen molar-refractivity contribution in [1.29, 1.82) is 0 Å². The molecule has 2 amide bonds. The number of nitrogens with one attached hydrogen (secondary N) is 2. The van der Waals surface area contributed by atoms with Crippen LogP contribution in [0.25, 0.3) is 0 Å². The van der Waals surface area contributed by atoms with Crippen molar-refractivity contribution < 1.29 is 9.53 Å². The number of anilines is 1. The highest BCUT2D eigenvalue weighted by atomic mass is 35.5. The standard InChI is InChI=1S/C20H17ClN2O2/c21-16-12-10-15(11-13-16)14-22-20(24)23-18-8-4-5-9-19(18)25-17-6-2-1-3-7-17/h1-13H,14H2,(H2,22,23,24). The van der Waals surface area contributed by atoms with Gasteiger partial charge in [0, 0.05) is 11.6 Å². The highest BCUT2D eigenvalue weighted by molar-refractivity contribution is 6.30. The summed E-state index contributed by atoms with van der Waals surface area (Å²) in [5, 5.41) is 6.29. The average Bonchev–Trinajstić information content (AvgIpc) is 2.64. The van der Waals surface area contributed by atoms with Crippen molar-refractivity contribution in [3.8, 4) is 11.5 Å². The number of hydrogen-bond acceptors (Lipinski definition) is 2. The number of carbonyl (C=O) groups is 1. The van der Waals surface area contributed by atoms with Gasteiger partial charge in [0.2, 0.25) is 0 Å². The number of ether oxygens (including phenoxy) is 1. The molecular formula is C20H17ClN2O2. The number of rotatable bonds is 5. The van der Waals surface area contributed by atoms with E-state index in [0.717, 1.165) is 5.56 Å². The Kier molecular flexibility index (Phi) is 5.54. The summed E-state index contributed by atoms with van der Waals surface area (Å²) in [6.07, 6.45) is 0. The first-order valence-electron chi connectivity index (χ1n) is 7.82. The fraction of sp³-hybridized carbons (Fsp3) is 0.0500. The molecule has 2 N–H and O–H groups in total. The summed E-state index contributed by atoms with van der Waals surface area (Å²) >= 11 is 5.85. The normalized spacial score (nSPS) is 10.1. The largest absolute Gasteiger partial charge is 0.455 e. The molecule has 0 atom stereocenters. The van der Waals surface area contributed by atoms with Crippen LogP contribution < -0.4 is 15.4 Å².